The Morgan fingerprint density at radius 2 is 1.81 bits per heavy atom. The molecule has 3 aromatic rings. The van der Waals surface area contributed by atoms with E-state index in [0.717, 1.165) is 20.2 Å². The molecule has 26 heavy (non-hydrogen) atoms. The van der Waals surface area contributed by atoms with E-state index in [1.54, 1.807) is 4.68 Å². The summed E-state index contributed by atoms with van der Waals surface area (Å²) >= 11 is 12.3. The molecule has 4 nitrogen and oxygen atoms in total. The fourth-order valence-electron chi connectivity index (χ4n) is 2.43. The van der Waals surface area contributed by atoms with E-state index in [4.69, 9.17) is 16.6 Å². The molecule has 1 aromatic heterocycles. The lowest BCUT2D eigenvalue weighted by Gasteiger charge is -2.18. The van der Waals surface area contributed by atoms with Gasteiger partial charge in [0.25, 0.3) is 4.84 Å². The Balaban J connectivity index is 1.78. The fourth-order valence-corrected chi connectivity index (χ4v) is 3.80. The monoisotopic (exact) mass is 495 g/mol. The summed E-state index contributed by atoms with van der Waals surface area (Å²) in [6.07, 6.45) is 0. The van der Waals surface area contributed by atoms with E-state index in [9.17, 15) is 0 Å². The van der Waals surface area contributed by atoms with E-state index in [1.807, 2.05) is 30.3 Å². The van der Waals surface area contributed by atoms with Crippen molar-refractivity contribution in [3.05, 3.63) is 61.8 Å². The van der Waals surface area contributed by atoms with Gasteiger partial charge in [-0.25, -0.2) is 4.68 Å². The van der Waals surface area contributed by atoms with Crippen LogP contribution in [-0.2, 0) is 12.1 Å². The first-order valence-electron chi connectivity index (χ1n) is 8.12. The molecule has 1 N–H and O–H groups in total. The van der Waals surface area contributed by atoms with E-state index in [1.165, 1.54) is 5.56 Å². The Labute approximate surface area is 174 Å². The highest BCUT2D eigenvalue weighted by molar-refractivity contribution is 9.11. The molecular weight excluding hydrogens is 478 g/mol. The zero-order chi connectivity index (χ0) is 18.9. The maximum absolute atomic E-state index is 5.67. The molecule has 0 bridgehead atoms. The predicted octanol–water partition coefficient (Wildman–Crippen LogP) is 6.76. The third-order valence-electron chi connectivity index (χ3n) is 3.95. The molecule has 2 aromatic carbocycles. The van der Waals surface area contributed by atoms with Crippen molar-refractivity contribution in [2.45, 2.75) is 32.9 Å². The third-order valence-corrected chi connectivity index (χ3v) is 5.40. The van der Waals surface area contributed by atoms with Gasteiger partial charge in [0.2, 0.25) is 5.89 Å². The molecule has 1 heterocycles. The SMILES string of the molecule is CC(C)(C)c1ccc(-c2nn(CNc3ccc(Br)cc3Br)c(=S)o2)cc1. The molecule has 0 spiro atoms. The Kier molecular flexibility index (Phi) is 5.69. The Morgan fingerprint density at radius 3 is 2.42 bits per heavy atom. The molecule has 0 atom stereocenters. The number of anilines is 1. The minimum absolute atomic E-state index is 0.111. The minimum Gasteiger partial charge on any atom is -0.409 e. The van der Waals surface area contributed by atoms with Crippen molar-refractivity contribution in [3.63, 3.8) is 0 Å². The summed E-state index contributed by atoms with van der Waals surface area (Å²) in [6, 6.07) is 14.2. The van der Waals surface area contributed by atoms with Gasteiger partial charge < -0.3 is 9.73 Å². The van der Waals surface area contributed by atoms with Gasteiger partial charge in [0, 0.05) is 20.2 Å². The lowest BCUT2D eigenvalue weighted by atomic mass is 9.87. The van der Waals surface area contributed by atoms with Crippen LogP contribution in [0.5, 0.6) is 0 Å². The second-order valence-corrected chi connectivity index (χ2v) is 9.08. The zero-order valence-electron chi connectivity index (χ0n) is 14.7. The molecule has 0 amide bonds. The minimum atomic E-state index is 0.111. The highest BCUT2D eigenvalue weighted by atomic mass is 79.9. The van der Waals surface area contributed by atoms with E-state index >= 15 is 0 Å². The van der Waals surface area contributed by atoms with Crippen LogP contribution in [0, 0.1) is 4.84 Å². The Bertz CT molecular complexity index is 972. The number of aromatic nitrogens is 2. The average Bonchev–Trinajstić information content (AvgIpc) is 2.94. The number of hydrogen-bond donors (Lipinski definition) is 1. The number of nitrogens with zero attached hydrogens (tertiary/aromatic N) is 2. The van der Waals surface area contributed by atoms with E-state index < -0.39 is 0 Å². The molecule has 136 valence electrons. The van der Waals surface area contributed by atoms with Crippen LogP contribution in [0.15, 0.2) is 55.8 Å². The summed E-state index contributed by atoms with van der Waals surface area (Å²) in [5.41, 5.74) is 3.24. The quantitative estimate of drug-likeness (QED) is 0.405. The third kappa shape index (κ3) is 4.45. The van der Waals surface area contributed by atoms with Gasteiger partial charge in [-0.2, -0.15) is 0 Å². The van der Waals surface area contributed by atoms with Crippen LogP contribution in [0.2, 0.25) is 0 Å². The molecule has 0 aliphatic carbocycles. The lowest BCUT2D eigenvalue weighted by molar-refractivity contribution is 0.522. The second kappa shape index (κ2) is 7.66. The largest absolute Gasteiger partial charge is 0.409 e. The van der Waals surface area contributed by atoms with Gasteiger partial charge in [0.1, 0.15) is 6.67 Å². The molecule has 7 heteroatoms. The summed E-state index contributed by atoms with van der Waals surface area (Å²) in [5, 5.41) is 7.79. The predicted molar refractivity (Wildman–Crippen MR) is 115 cm³/mol. The average molecular weight is 497 g/mol. The molecule has 0 aliphatic rings. The van der Waals surface area contributed by atoms with Crippen LogP contribution < -0.4 is 5.32 Å². The van der Waals surface area contributed by atoms with E-state index in [2.05, 4.69) is 75.2 Å². The van der Waals surface area contributed by atoms with Crippen molar-refractivity contribution in [1.82, 2.24) is 9.78 Å². The van der Waals surface area contributed by atoms with Gasteiger partial charge in [-0.05, 0) is 69.5 Å². The topological polar surface area (TPSA) is 43.0 Å². The van der Waals surface area contributed by atoms with E-state index in [-0.39, 0.29) is 5.41 Å². The van der Waals surface area contributed by atoms with E-state index in [0.29, 0.717) is 17.4 Å². The summed E-state index contributed by atoms with van der Waals surface area (Å²) < 4.78 is 9.27. The maximum atomic E-state index is 5.67. The first kappa shape index (κ1) is 19.3. The molecule has 0 aliphatic heterocycles. The van der Waals surface area contributed by atoms with Gasteiger partial charge in [-0.1, -0.05) is 48.8 Å². The standard InChI is InChI=1S/C19H19Br2N3OS/c1-19(2,3)13-6-4-12(5-7-13)17-23-24(18(26)25-17)11-22-16-9-8-14(20)10-15(16)21/h4-10,22H,11H2,1-3H3. The molecule has 0 unspecified atom stereocenters. The van der Waals surface area contributed by atoms with Crippen LogP contribution in [0.1, 0.15) is 26.3 Å². The number of halogens is 2. The van der Waals surface area contributed by atoms with Crippen molar-refractivity contribution in [2.75, 3.05) is 5.32 Å². The van der Waals surface area contributed by atoms with Crippen LogP contribution in [0.3, 0.4) is 0 Å². The fraction of sp³-hybridized carbons (Fsp3) is 0.263. The van der Waals surface area contributed by atoms with Gasteiger partial charge in [0.15, 0.2) is 0 Å². The first-order chi connectivity index (χ1) is 12.2. The summed E-state index contributed by atoms with van der Waals surface area (Å²) in [7, 11) is 0. The van der Waals surface area contributed by atoms with Crippen molar-refractivity contribution < 1.29 is 4.42 Å². The summed E-state index contributed by atoms with van der Waals surface area (Å²) in [5.74, 6) is 0.520. The molecule has 3 rings (SSSR count). The molecule has 0 radical (unpaired) electrons. The number of rotatable bonds is 4. The molecule has 0 fully saturated rings. The van der Waals surface area contributed by atoms with Crippen molar-refractivity contribution >= 4 is 49.8 Å². The van der Waals surface area contributed by atoms with Crippen LogP contribution >= 0.6 is 44.1 Å². The maximum Gasteiger partial charge on any atom is 0.289 e. The van der Waals surface area contributed by atoms with Crippen molar-refractivity contribution in [3.8, 4) is 11.5 Å². The zero-order valence-corrected chi connectivity index (χ0v) is 18.7. The molecule has 0 saturated carbocycles. The number of hydrogen-bond acceptors (Lipinski definition) is 4. The van der Waals surface area contributed by atoms with Crippen molar-refractivity contribution in [2.24, 2.45) is 0 Å². The van der Waals surface area contributed by atoms with Gasteiger partial charge >= 0.3 is 0 Å². The smallest absolute Gasteiger partial charge is 0.289 e. The van der Waals surface area contributed by atoms with Crippen LogP contribution in [0.4, 0.5) is 5.69 Å². The van der Waals surface area contributed by atoms with Crippen molar-refractivity contribution in [1.29, 1.82) is 0 Å². The number of nitrogens with one attached hydrogen (secondary N) is 1. The summed E-state index contributed by atoms with van der Waals surface area (Å²) in [6.45, 7) is 6.99. The van der Waals surface area contributed by atoms with Gasteiger partial charge in [-0.3, -0.25) is 0 Å². The number of benzene rings is 2. The van der Waals surface area contributed by atoms with Gasteiger partial charge in [-0.15, -0.1) is 5.10 Å². The molecular formula is C19H19Br2N3OS. The second-order valence-electron chi connectivity index (χ2n) is 6.96. The highest BCUT2D eigenvalue weighted by Gasteiger charge is 2.14. The summed E-state index contributed by atoms with van der Waals surface area (Å²) in [4.78, 5) is 0.334. The first-order valence-corrected chi connectivity index (χ1v) is 10.1. The Hall–Kier alpha value is -1.44. The Morgan fingerprint density at radius 1 is 1.12 bits per heavy atom. The lowest BCUT2D eigenvalue weighted by Crippen LogP contribution is -2.10. The van der Waals surface area contributed by atoms with Gasteiger partial charge in [0.05, 0.1) is 0 Å². The van der Waals surface area contributed by atoms with Crippen LogP contribution in [-0.4, -0.2) is 9.78 Å². The van der Waals surface area contributed by atoms with Crippen LogP contribution in [0.25, 0.3) is 11.5 Å². The molecule has 0 saturated heterocycles. The highest BCUT2D eigenvalue weighted by Crippen LogP contribution is 2.27. The normalized spacial score (nSPS) is 11.6.